The van der Waals surface area contributed by atoms with Crippen LogP contribution in [0.4, 0.5) is 4.39 Å². The molecule has 21 heavy (non-hydrogen) atoms. The van der Waals surface area contributed by atoms with E-state index in [1.54, 1.807) is 0 Å². The quantitative estimate of drug-likeness (QED) is 0.811. The van der Waals surface area contributed by atoms with Crippen LogP contribution in [0.25, 0.3) is 0 Å². The molecule has 0 spiro atoms. The summed E-state index contributed by atoms with van der Waals surface area (Å²) in [6, 6.07) is 14.9. The highest BCUT2D eigenvalue weighted by Gasteiger charge is 2.05. The van der Waals surface area contributed by atoms with Gasteiger partial charge in [0.05, 0.1) is 6.61 Å². The van der Waals surface area contributed by atoms with Gasteiger partial charge in [-0.05, 0) is 48.7 Å². The minimum atomic E-state index is -0.200. The molecule has 0 aromatic heterocycles. The lowest BCUT2D eigenvalue weighted by Gasteiger charge is -2.14. The molecule has 0 radical (unpaired) electrons. The zero-order chi connectivity index (χ0) is 15.1. The molecule has 0 amide bonds. The Morgan fingerprint density at radius 2 is 1.71 bits per heavy atom. The number of hydrogen-bond donors (Lipinski definition) is 1. The van der Waals surface area contributed by atoms with Gasteiger partial charge in [-0.15, -0.1) is 0 Å². The van der Waals surface area contributed by atoms with Crippen LogP contribution in [0, 0.1) is 5.82 Å². The first kappa shape index (κ1) is 15.5. The lowest BCUT2D eigenvalue weighted by Crippen LogP contribution is -2.18. The van der Waals surface area contributed by atoms with Gasteiger partial charge < -0.3 is 10.1 Å². The van der Waals surface area contributed by atoms with Crippen LogP contribution in [0.1, 0.15) is 37.4 Å². The van der Waals surface area contributed by atoms with Gasteiger partial charge in [0.15, 0.2) is 0 Å². The van der Waals surface area contributed by atoms with Gasteiger partial charge in [-0.1, -0.05) is 31.2 Å². The summed E-state index contributed by atoms with van der Waals surface area (Å²) in [6.45, 7) is 5.69. The van der Waals surface area contributed by atoms with E-state index in [1.807, 2.05) is 24.3 Å². The average Bonchev–Trinajstić information content (AvgIpc) is 2.52. The summed E-state index contributed by atoms with van der Waals surface area (Å²) in [5.41, 5.74) is 2.28. The molecule has 2 aromatic carbocycles. The summed E-state index contributed by atoms with van der Waals surface area (Å²) >= 11 is 0. The van der Waals surface area contributed by atoms with E-state index < -0.39 is 0 Å². The molecule has 0 aliphatic heterocycles. The van der Waals surface area contributed by atoms with Crippen LogP contribution in [0.3, 0.4) is 0 Å². The highest BCUT2D eigenvalue weighted by atomic mass is 19.1. The zero-order valence-electron chi connectivity index (χ0n) is 12.6. The Bertz CT molecular complexity index is 536. The third-order valence-electron chi connectivity index (χ3n) is 3.38. The summed E-state index contributed by atoms with van der Waals surface area (Å²) in [4.78, 5) is 0. The van der Waals surface area contributed by atoms with Crippen LogP contribution in [0.15, 0.2) is 48.5 Å². The van der Waals surface area contributed by atoms with Gasteiger partial charge in [-0.3, -0.25) is 0 Å². The highest BCUT2D eigenvalue weighted by Crippen LogP contribution is 2.15. The molecule has 2 rings (SSSR count). The second-order valence-corrected chi connectivity index (χ2v) is 5.15. The van der Waals surface area contributed by atoms with Crippen LogP contribution in [0.2, 0.25) is 0 Å². The van der Waals surface area contributed by atoms with Crippen LogP contribution < -0.4 is 10.1 Å². The fraction of sp³-hybridized carbons (Fsp3) is 0.333. The third kappa shape index (κ3) is 4.87. The first-order chi connectivity index (χ1) is 10.2. The van der Waals surface area contributed by atoms with Crippen molar-refractivity contribution >= 4 is 0 Å². The Morgan fingerprint density at radius 1 is 1.05 bits per heavy atom. The molecule has 0 aliphatic rings. The molecule has 1 atom stereocenters. The van der Waals surface area contributed by atoms with Gasteiger partial charge in [0.2, 0.25) is 0 Å². The molecule has 0 fully saturated rings. The van der Waals surface area contributed by atoms with Crippen LogP contribution in [0.5, 0.6) is 5.75 Å². The van der Waals surface area contributed by atoms with Gasteiger partial charge >= 0.3 is 0 Å². The maximum absolute atomic E-state index is 12.9. The standard InChI is InChI=1S/C18H22FNO/c1-3-12-21-18-10-4-15(5-11-18)13-20-14(2)16-6-8-17(19)9-7-16/h4-11,14,20H,3,12-13H2,1-2H3/t14-/m0/s1. The second-order valence-electron chi connectivity index (χ2n) is 5.15. The SMILES string of the molecule is CCCOc1ccc(CN[C@@H](C)c2ccc(F)cc2)cc1. The number of hydrogen-bond acceptors (Lipinski definition) is 2. The first-order valence-electron chi connectivity index (χ1n) is 7.39. The number of benzene rings is 2. The molecular weight excluding hydrogens is 265 g/mol. The van der Waals surface area contributed by atoms with Crippen molar-refractivity contribution in [1.29, 1.82) is 0 Å². The molecule has 1 N–H and O–H groups in total. The van der Waals surface area contributed by atoms with Gasteiger partial charge in [0.1, 0.15) is 11.6 Å². The Hall–Kier alpha value is -1.87. The predicted molar refractivity (Wildman–Crippen MR) is 83.9 cm³/mol. The fourth-order valence-electron chi connectivity index (χ4n) is 2.06. The van der Waals surface area contributed by atoms with Gasteiger partial charge in [0.25, 0.3) is 0 Å². The van der Waals surface area contributed by atoms with Gasteiger partial charge in [-0.25, -0.2) is 4.39 Å². The van der Waals surface area contributed by atoms with Crippen LogP contribution >= 0.6 is 0 Å². The molecule has 0 unspecified atom stereocenters. The maximum atomic E-state index is 12.9. The Balaban J connectivity index is 1.86. The number of rotatable bonds is 7. The fourth-order valence-corrected chi connectivity index (χ4v) is 2.06. The summed E-state index contributed by atoms with van der Waals surface area (Å²) < 4.78 is 18.5. The van der Waals surface area contributed by atoms with Crippen molar-refractivity contribution in [3.8, 4) is 5.75 Å². The van der Waals surface area contributed by atoms with E-state index in [0.29, 0.717) is 0 Å². The molecule has 0 aliphatic carbocycles. The van der Waals surface area contributed by atoms with E-state index in [1.165, 1.54) is 17.7 Å². The maximum Gasteiger partial charge on any atom is 0.123 e. The van der Waals surface area contributed by atoms with Crippen molar-refractivity contribution in [1.82, 2.24) is 5.32 Å². The van der Waals surface area contributed by atoms with E-state index in [4.69, 9.17) is 4.74 Å². The van der Waals surface area contributed by atoms with Crippen molar-refractivity contribution in [2.24, 2.45) is 0 Å². The van der Waals surface area contributed by atoms with Crippen molar-refractivity contribution in [3.05, 3.63) is 65.5 Å². The molecule has 0 saturated carbocycles. The molecule has 2 nitrogen and oxygen atoms in total. The molecular formula is C18H22FNO. The predicted octanol–water partition coefficient (Wildman–Crippen LogP) is 4.47. The van der Waals surface area contributed by atoms with Gasteiger partial charge in [-0.2, -0.15) is 0 Å². The Kier molecular flexibility index (Phi) is 5.76. The number of nitrogens with one attached hydrogen (secondary N) is 1. The normalized spacial score (nSPS) is 12.1. The van der Waals surface area contributed by atoms with E-state index >= 15 is 0 Å². The van der Waals surface area contributed by atoms with Crippen LogP contribution in [-0.4, -0.2) is 6.61 Å². The summed E-state index contributed by atoms with van der Waals surface area (Å²) in [5, 5.41) is 3.43. The summed E-state index contributed by atoms with van der Waals surface area (Å²) in [7, 11) is 0. The number of ether oxygens (including phenoxy) is 1. The lowest BCUT2D eigenvalue weighted by atomic mass is 10.1. The van der Waals surface area contributed by atoms with Crippen molar-refractivity contribution in [3.63, 3.8) is 0 Å². The smallest absolute Gasteiger partial charge is 0.123 e. The van der Waals surface area contributed by atoms with Crippen molar-refractivity contribution in [2.75, 3.05) is 6.61 Å². The van der Waals surface area contributed by atoms with E-state index in [0.717, 1.165) is 30.9 Å². The molecule has 0 saturated heterocycles. The average molecular weight is 287 g/mol. The summed E-state index contributed by atoms with van der Waals surface area (Å²) in [5.74, 6) is 0.709. The monoisotopic (exact) mass is 287 g/mol. The van der Waals surface area contributed by atoms with E-state index in [9.17, 15) is 4.39 Å². The van der Waals surface area contributed by atoms with Crippen molar-refractivity contribution in [2.45, 2.75) is 32.9 Å². The molecule has 112 valence electrons. The third-order valence-corrected chi connectivity index (χ3v) is 3.38. The topological polar surface area (TPSA) is 21.3 Å². The van der Waals surface area contributed by atoms with Crippen molar-refractivity contribution < 1.29 is 9.13 Å². The Morgan fingerprint density at radius 3 is 2.33 bits per heavy atom. The minimum absolute atomic E-state index is 0.182. The molecule has 3 heteroatoms. The lowest BCUT2D eigenvalue weighted by molar-refractivity contribution is 0.317. The van der Waals surface area contributed by atoms with E-state index in [-0.39, 0.29) is 11.9 Å². The molecule has 0 bridgehead atoms. The second kappa shape index (κ2) is 7.79. The van der Waals surface area contributed by atoms with Gasteiger partial charge in [0, 0.05) is 12.6 Å². The number of halogens is 1. The Labute approximate surface area is 126 Å². The highest BCUT2D eigenvalue weighted by molar-refractivity contribution is 5.27. The molecule has 2 aromatic rings. The van der Waals surface area contributed by atoms with Crippen LogP contribution in [-0.2, 0) is 6.54 Å². The largest absolute Gasteiger partial charge is 0.494 e. The summed E-state index contributed by atoms with van der Waals surface area (Å²) in [6.07, 6.45) is 1.01. The zero-order valence-corrected chi connectivity index (χ0v) is 12.6. The molecule has 0 heterocycles. The van der Waals surface area contributed by atoms with E-state index in [2.05, 4.69) is 31.3 Å². The minimum Gasteiger partial charge on any atom is -0.494 e. The first-order valence-corrected chi connectivity index (χ1v) is 7.39.